The third-order valence-electron chi connectivity index (χ3n) is 3.58. The summed E-state index contributed by atoms with van der Waals surface area (Å²) in [5.41, 5.74) is 2.35. The van der Waals surface area contributed by atoms with Crippen LogP contribution < -0.4 is 0 Å². The fraction of sp³-hybridized carbons (Fsp3) is 0.692. The molecule has 5 nitrogen and oxygen atoms in total. The quantitative estimate of drug-likeness (QED) is 0.875. The summed E-state index contributed by atoms with van der Waals surface area (Å²) in [6, 6.07) is 0. The lowest BCUT2D eigenvalue weighted by molar-refractivity contribution is -0.143. The van der Waals surface area contributed by atoms with E-state index in [9.17, 15) is 4.79 Å². The Morgan fingerprint density at radius 2 is 2.39 bits per heavy atom. The molecule has 0 aliphatic carbocycles. The van der Waals surface area contributed by atoms with Gasteiger partial charge < -0.3 is 5.11 Å². The van der Waals surface area contributed by atoms with Crippen LogP contribution in [0.4, 0.5) is 0 Å². The Hall–Kier alpha value is -1.36. The van der Waals surface area contributed by atoms with Crippen molar-refractivity contribution in [3.05, 3.63) is 17.5 Å². The molecule has 5 heteroatoms. The number of nitrogens with zero attached hydrogens (tertiary/aromatic N) is 3. The summed E-state index contributed by atoms with van der Waals surface area (Å²) in [5, 5.41) is 13.5. The highest BCUT2D eigenvalue weighted by atomic mass is 16.4. The molecule has 0 spiro atoms. The van der Waals surface area contributed by atoms with E-state index in [0.717, 1.165) is 38.0 Å². The van der Waals surface area contributed by atoms with Gasteiger partial charge in [0.15, 0.2) is 0 Å². The van der Waals surface area contributed by atoms with Gasteiger partial charge in [-0.15, -0.1) is 0 Å². The molecule has 1 N–H and O–H groups in total. The summed E-state index contributed by atoms with van der Waals surface area (Å²) in [6.45, 7) is 4.57. The van der Waals surface area contributed by atoms with E-state index in [1.165, 1.54) is 5.56 Å². The zero-order valence-electron chi connectivity index (χ0n) is 11.1. The van der Waals surface area contributed by atoms with Crippen molar-refractivity contribution in [2.75, 3.05) is 13.1 Å². The lowest BCUT2D eigenvalue weighted by Crippen LogP contribution is -2.38. The van der Waals surface area contributed by atoms with Gasteiger partial charge in [-0.1, -0.05) is 6.92 Å². The summed E-state index contributed by atoms with van der Waals surface area (Å²) >= 11 is 0. The third kappa shape index (κ3) is 2.90. The monoisotopic (exact) mass is 251 g/mol. The van der Waals surface area contributed by atoms with Gasteiger partial charge in [0.2, 0.25) is 0 Å². The van der Waals surface area contributed by atoms with Crippen molar-refractivity contribution in [2.45, 2.75) is 32.7 Å². The Morgan fingerprint density at radius 1 is 1.61 bits per heavy atom. The van der Waals surface area contributed by atoms with Crippen molar-refractivity contribution in [3.63, 3.8) is 0 Å². The van der Waals surface area contributed by atoms with Crippen LogP contribution in [0.3, 0.4) is 0 Å². The Morgan fingerprint density at radius 3 is 3.06 bits per heavy atom. The topological polar surface area (TPSA) is 58.4 Å². The number of aromatic nitrogens is 2. The first kappa shape index (κ1) is 13.1. The molecule has 1 aromatic rings. The normalized spacial score (nSPS) is 21.1. The maximum absolute atomic E-state index is 11.0. The Balaban J connectivity index is 2.02. The lowest BCUT2D eigenvalue weighted by Gasteiger charge is -2.30. The Labute approximate surface area is 107 Å². The highest BCUT2D eigenvalue weighted by molar-refractivity contribution is 5.70. The molecule has 0 aromatic carbocycles. The first-order valence-electron chi connectivity index (χ1n) is 6.56. The largest absolute Gasteiger partial charge is 0.481 e. The Kier molecular flexibility index (Phi) is 4.01. The highest BCUT2D eigenvalue weighted by Gasteiger charge is 2.25. The predicted octanol–water partition coefficient (Wildman–Crippen LogP) is 1.28. The number of likely N-dealkylation sites (tertiary alicyclic amines) is 1. The first-order valence-corrected chi connectivity index (χ1v) is 6.56. The van der Waals surface area contributed by atoms with E-state index in [1.807, 2.05) is 17.9 Å². The van der Waals surface area contributed by atoms with Crippen LogP contribution in [0.5, 0.6) is 0 Å². The number of carboxylic acid groups (broad SMARTS) is 1. The van der Waals surface area contributed by atoms with Gasteiger partial charge in [-0.3, -0.25) is 14.4 Å². The molecule has 100 valence electrons. The average Bonchev–Trinajstić information content (AvgIpc) is 2.69. The SMILES string of the molecule is CCc1nn(C)cc1CN1CCCC(C(=O)O)C1. The van der Waals surface area contributed by atoms with Gasteiger partial charge in [0.1, 0.15) is 0 Å². The number of carbonyl (C=O) groups is 1. The molecule has 1 atom stereocenters. The van der Waals surface area contributed by atoms with E-state index in [1.54, 1.807) is 0 Å². The second kappa shape index (κ2) is 5.52. The Bertz CT molecular complexity index is 428. The van der Waals surface area contributed by atoms with E-state index < -0.39 is 5.97 Å². The molecule has 1 saturated heterocycles. The van der Waals surface area contributed by atoms with Crippen LogP contribution >= 0.6 is 0 Å². The molecular formula is C13H21N3O2. The van der Waals surface area contributed by atoms with Crippen LogP contribution in [-0.2, 0) is 24.8 Å². The van der Waals surface area contributed by atoms with Crippen molar-refractivity contribution in [1.29, 1.82) is 0 Å². The number of hydrogen-bond donors (Lipinski definition) is 1. The molecular weight excluding hydrogens is 230 g/mol. The average molecular weight is 251 g/mol. The number of aliphatic carboxylic acids is 1. The van der Waals surface area contributed by atoms with E-state index in [2.05, 4.69) is 16.9 Å². The van der Waals surface area contributed by atoms with Crippen molar-refractivity contribution < 1.29 is 9.90 Å². The highest BCUT2D eigenvalue weighted by Crippen LogP contribution is 2.19. The van der Waals surface area contributed by atoms with Crippen molar-refractivity contribution >= 4 is 5.97 Å². The second-order valence-electron chi connectivity index (χ2n) is 5.04. The number of aryl methyl sites for hydroxylation is 2. The van der Waals surface area contributed by atoms with Gasteiger partial charge in [-0.25, -0.2) is 0 Å². The predicted molar refractivity (Wildman–Crippen MR) is 68.2 cm³/mol. The molecule has 1 aliphatic rings. The van der Waals surface area contributed by atoms with Crippen LogP contribution in [0.2, 0.25) is 0 Å². The van der Waals surface area contributed by atoms with Gasteiger partial charge >= 0.3 is 5.97 Å². The van der Waals surface area contributed by atoms with E-state index >= 15 is 0 Å². The summed E-state index contributed by atoms with van der Waals surface area (Å²) in [4.78, 5) is 13.3. The molecule has 0 radical (unpaired) electrons. The van der Waals surface area contributed by atoms with Gasteiger partial charge in [0.25, 0.3) is 0 Å². The number of rotatable bonds is 4. The summed E-state index contributed by atoms with van der Waals surface area (Å²) in [7, 11) is 1.93. The molecule has 2 rings (SSSR count). The van der Waals surface area contributed by atoms with E-state index in [0.29, 0.717) is 6.54 Å². The van der Waals surface area contributed by atoms with E-state index in [4.69, 9.17) is 5.11 Å². The number of carboxylic acids is 1. The minimum absolute atomic E-state index is 0.208. The molecule has 0 amide bonds. The lowest BCUT2D eigenvalue weighted by atomic mass is 9.98. The zero-order valence-corrected chi connectivity index (χ0v) is 11.1. The summed E-state index contributed by atoms with van der Waals surface area (Å²) in [6.07, 6.45) is 4.74. The van der Waals surface area contributed by atoms with Crippen LogP contribution in [0, 0.1) is 5.92 Å². The van der Waals surface area contributed by atoms with Gasteiger partial charge in [0, 0.05) is 31.9 Å². The second-order valence-corrected chi connectivity index (χ2v) is 5.04. The summed E-state index contributed by atoms with van der Waals surface area (Å²) < 4.78 is 1.84. The fourth-order valence-corrected chi connectivity index (χ4v) is 2.66. The van der Waals surface area contributed by atoms with Crippen LogP contribution in [0.1, 0.15) is 31.0 Å². The maximum atomic E-state index is 11.0. The van der Waals surface area contributed by atoms with Crippen molar-refractivity contribution in [3.8, 4) is 0 Å². The minimum atomic E-state index is -0.665. The zero-order chi connectivity index (χ0) is 13.1. The number of piperidine rings is 1. The molecule has 0 bridgehead atoms. The van der Waals surface area contributed by atoms with Crippen molar-refractivity contribution in [2.24, 2.45) is 13.0 Å². The van der Waals surface area contributed by atoms with Gasteiger partial charge in [-0.05, 0) is 25.8 Å². The smallest absolute Gasteiger partial charge is 0.307 e. The molecule has 18 heavy (non-hydrogen) atoms. The summed E-state index contributed by atoms with van der Waals surface area (Å²) in [5.74, 6) is -0.873. The standard InChI is InChI=1S/C13H21N3O2/c1-3-12-11(7-15(2)14-12)9-16-6-4-5-10(8-16)13(17)18/h7,10H,3-6,8-9H2,1-2H3,(H,17,18). The molecule has 1 unspecified atom stereocenters. The molecule has 1 aromatic heterocycles. The van der Waals surface area contributed by atoms with Crippen LogP contribution in [-0.4, -0.2) is 38.8 Å². The number of hydrogen-bond acceptors (Lipinski definition) is 3. The molecule has 2 heterocycles. The molecule has 0 saturated carbocycles. The maximum Gasteiger partial charge on any atom is 0.307 e. The minimum Gasteiger partial charge on any atom is -0.481 e. The molecule has 1 fully saturated rings. The van der Waals surface area contributed by atoms with Crippen LogP contribution in [0.15, 0.2) is 6.20 Å². The van der Waals surface area contributed by atoms with Crippen LogP contribution in [0.25, 0.3) is 0 Å². The van der Waals surface area contributed by atoms with Crippen molar-refractivity contribution in [1.82, 2.24) is 14.7 Å². The third-order valence-corrected chi connectivity index (χ3v) is 3.58. The van der Waals surface area contributed by atoms with Gasteiger partial charge in [-0.2, -0.15) is 5.10 Å². The first-order chi connectivity index (χ1) is 8.60. The van der Waals surface area contributed by atoms with E-state index in [-0.39, 0.29) is 5.92 Å². The molecule has 1 aliphatic heterocycles. The van der Waals surface area contributed by atoms with Gasteiger partial charge in [0.05, 0.1) is 11.6 Å². The fourth-order valence-electron chi connectivity index (χ4n) is 2.66.